The van der Waals surface area contributed by atoms with Crippen molar-refractivity contribution >= 4 is 5.91 Å². The zero-order chi connectivity index (χ0) is 26.1. The fourth-order valence-electron chi connectivity index (χ4n) is 4.50. The summed E-state index contributed by atoms with van der Waals surface area (Å²) in [5.41, 5.74) is -0.178. The third-order valence-corrected chi connectivity index (χ3v) is 6.37. The van der Waals surface area contributed by atoms with Gasteiger partial charge in [-0.05, 0) is 35.9 Å². The summed E-state index contributed by atoms with van der Waals surface area (Å²) in [5.74, 6) is 1.99. The summed E-state index contributed by atoms with van der Waals surface area (Å²) in [5, 5.41) is 15.7. The number of aromatic nitrogens is 2. The summed E-state index contributed by atoms with van der Waals surface area (Å²) in [7, 11) is 1.63. The van der Waals surface area contributed by atoms with E-state index in [1.165, 1.54) is 6.92 Å². The highest BCUT2D eigenvalue weighted by molar-refractivity contribution is 5.73. The van der Waals surface area contributed by atoms with Crippen LogP contribution in [0.25, 0.3) is 0 Å². The average molecular weight is 509 g/mol. The van der Waals surface area contributed by atoms with E-state index in [4.69, 9.17) is 14.2 Å². The van der Waals surface area contributed by atoms with Crippen LogP contribution in [0.4, 0.5) is 0 Å². The molecule has 0 aliphatic carbocycles. The van der Waals surface area contributed by atoms with Crippen molar-refractivity contribution in [2.75, 3.05) is 46.5 Å². The largest absolute Gasteiger partial charge is 0.493 e. The Bertz CT molecular complexity index is 1120. The second-order valence-electron chi connectivity index (χ2n) is 9.43. The van der Waals surface area contributed by atoms with E-state index in [0.717, 1.165) is 18.5 Å². The maximum Gasteiger partial charge on any atom is 0.219 e. The van der Waals surface area contributed by atoms with Crippen LogP contribution in [-0.2, 0) is 17.9 Å². The first-order chi connectivity index (χ1) is 17.9. The Balaban J connectivity index is 1.38. The van der Waals surface area contributed by atoms with Gasteiger partial charge >= 0.3 is 0 Å². The summed E-state index contributed by atoms with van der Waals surface area (Å²) in [6, 6.07) is 17.2. The van der Waals surface area contributed by atoms with E-state index in [-0.39, 0.29) is 19.1 Å². The van der Waals surface area contributed by atoms with Crippen LogP contribution in [0.1, 0.15) is 18.9 Å². The first-order valence-electron chi connectivity index (χ1n) is 12.6. The Morgan fingerprint density at radius 2 is 1.89 bits per heavy atom. The predicted octanol–water partition coefficient (Wildman–Crippen LogP) is 2.83. The van der Waals surface area contributed by atoms with Crippen LogP contribution in [0.2, 0.25) is 0 Å². The van der Waals surface area contributed by atoms with Gasteiger partial charge in [-0.3, -0.25) is 14.4 Å². The summed E-state index contributed by atoms with van der Waals surface area (Å²) >= 11 is 0. The molecule has 37 heavy (non-hydrogen) atoms. The molecule has 1 amide bonds. The van der Waals surface area contributed by atoms with E-state index < -0.39 is 5.60 Å². The van der Waals surface area contributed by atoms with E-state index >= 15 is 0 Å². The number of para-hydroxylation sites is 1. The number of β-amino-alcohol motifs (C(OH)–C–C–N with tert-alkyl or cyclic N) is 1. The number of aryl methyl sites for hydroxylation is 1. The summed E-state index contributed by atoms with van der Waals surface area (Å²) in [6.45, 7) is 5.33. The van der Waals surface area contributed by atoms with E-state index in [0.29, 0.717) is 50.0 Å². The monoisotopic (exact) mass is 508 g/mol. The normalized spacial score (nSPS) is 18.3. The van der Waals surface area contributed by atoms with Crippen molar-refractivity contribution in [1.82, 2.24) is 19.6 Å². The van der Waals surface area contributed by atoms with Crippen molar-refractivity contribution in [3.63, 3.8) is 0 Å². The Hall–Kier alpha value is -3.56. The van der Waals surface area contributed by atoms with Crippen LogP contribution in [0.5, 0.6) is 17.2 Å². The molecule has 0 saturated carbocycles. The molecule has 4 rings (SSSR count). The summed E-state index contributed by atoms with van der Waals surface area (Å²) in [4.78, 5) is 16.0. The van der Waals surface area contributed by atoms with E-state index in [1.54, 1.807) is 18.2 Å². The van der Waals surface area contributed by atoms with Crippen LogP contribution in [0.15, 0.2) is 67.0 Å². The standard InChI is InChI=1S/C28H36N4O5/c1-23(33)31-16-15-30(20-28(34,21-31)22-37-25-8-4-3-5-9-25)19-24-10-11-26(27(18-24)35-2)36-17-7-14-32-13-6-12-29-32/h3-6,8-13,18,34H,7,14-17,19-22H2,1-2H3/t28-/m1/s1. The number of carbonyl (C=O) groups excluding carboxylic acids is 1. The van der Waals surface area contributed by atoms with Gasteiger partial charge in [0.25, 0.3) is 0 Å². The molecule has 0 spiro atoms. The number of benzene rings is 2. The lowest BCUT2D eigenvalue weighted by atomic mass is 10.0. The zero-order valence-electron chi connectivity index (χ0n) is 21.6. The highest BCUT2D eigenvalue weighted by Gasteiger charge is 2.37. The van der Waals surface area contributed by atoms with Crippen molar-refractivity contribution < 1.29 is 24.1 Å². The van der Waals surface area contributed by atoms with Gasteiger partial charge in [-0.25, -0.2) is 0 Å². The van der Waals surface area contributed by atoms with Crippen molar-refractivity contribution in [1.29, 1.82) is 0 Å². The molecule has 1 aliphatic heterocycles. The van der Waals surface area contributed by atoms with E-state index in [9.17, 15) is 9.90 Å². The number of rotatable bonds is 11. The molecule has 0 bridgehead atoms. The second-order valence-corrected chi connectivity index (χ2v) is 9.43. The molecule has 0 unspecified atom stereocenters. The van der Waals surface area contributed by atoms with Crippen LogP contribution in [-0.4, -0.2) is 82.7 Å². The molecule has 1 atom stereocenters. The lowest BCUT2D eigenvalue weighted by Crippen LogP contribution is -2.51. The van der Waals surface area contributed by atoms with Gasteiger partial charge in [0, 0.05) is 58.5 Å². The first-order valence-corrected chi connectivity index (χ1v) is 12.6. The van der Waals surface area contributed by atoms with Gasteiger partial charge in [0.15, 0.2) is 11.5 Å². The predicted molar refractivity (Wildman–Crippen MR) is 140 cm³/mol. The van der Waals surface area contributed by atoms with Gasteiger partial charge in [-0.15, -0.1) is 0 Å². The maximum absolute atomic E-state index is 12.2. The third-order valence-electron chi connectivity index (χ3n) is 6.37. The molecule has 1 fully saturated rings. The van der Waals surface area contributed by atoms with Crippen LogP contribution < -0.4 is 14.2 Å². The number of carbonyl (C=O) groups is 1. The maximum atomic E-state index is 12.2. The molecule has 3 aromatic rings. The Kier molecular flexibility index (Phi) is 9.03. The average Bonchev–Trinajstić information content (AvgIpc) is 3.36. The molecular formula is C28H36N4O5. The van der Waals surface area contributed by atoms with Gasteiger partial charge in [-0.2, -0.15) is 5.10 Å². The van der Waals surface area contributed by atoms with Gasteiger partial charge < -0.3 is 24.2 Å². The lowest BCUT2D eigenvalue weighted by molar-refractivity contribution is -0.132. The summed E-state index contributed by atoms with van der Waals surface area (Å²) in [6.07, 6.45) is 4.53. The smallest absolute Gasteiger partial charge is 0.219 e. The molecule has 1 N–H and O–H groups in total. The topological polar surface area (TPSA) is 89.3 Å². The second kappa shape index (κ2) is 12.6. The number of nitrogens with zero attached hydrogens (tertiary/aromatic N) is 4. The number of hydrogen-bond acceptors (Lipinski definition) is 7. The van der Waals surface area contributed by atoms with Crippen LogP contribution >= 0.6 is 0 Å². The lowest BCUT2D eigenvalue weighted by Gasteiger charge is -2.32. The molecule has 0 radical (unpaired) electrons. The van der Waals surface area contributed by atoms with E-state index in [2.05, 4.69) is 10.00 Å². The zero-order valence-corrected chi connectivity index (χ0v) is 21.6. The van der Waals surface area contributed by atoms with Crippen LogP contribution in [0, 0.1) is 0 Å². The van der Waals surface area contributed by atoms with Crippen molar-refractivity contribution in [2.45, 2.75) is 32.0 Å². The molecule has 9 nitrogen and oxygen atoms in total. The van der Waals surface area contributed by atoms with Crippen molar-refractivity contribution in [2.24, 2.45) is 0 Å². The number of aliphatic hydroxyl groups is 1. The first kappa shape index (κ1) is 26.5. The fourth-order valence-corrected chi connectivity index (χ4v) is 4.50. The SMILES string of the molecule is COc1cc(CN2CCN(C(C)=O)C[C@@](O)(COc3ccccc3)C2)ccc1OCCCn1cccn1. The molecule has 1 aromatic heterocycles. The molecule has 1 aliphatic rings. The molecule has 2 aromatic carbocycles. The Morgan fingerprint density at radius 1 is 1.05 bits per heavy atom. The molecule has 1 saturated heterocycles. The minimum Gasteiger partial charge on any atom is -0.493 e. The fraction of sp³-hybridized carbons (Fsp3) is 0.429. The molecular weight excluding hydrogens is 472 g/mol. The minimum absolute atomic E-state index is 0.0595. The minimum atomic E-state index is -1.21. The molecule has 9 heteroatoms. The number of amides is 1. The highest BCUT2D eigenvalue weighted by Crippen LogP contribution is 2.29. The quantitative estimate of drug-likeness (QED) is 0.399. The van der Waals surface area contributed by atoms with Crippen molar-refractivity contribution in [3.05, 3.63) is 72.6 Å². The summed E-state index contributed by atoms with van der Waals surface area (Å²) < 4.78 is 19.3. The Labute approximate surface area is 218 Å². The van der Waals surface area contributed by atoms with Gasteiger partial charge in [0.05, 0.1) is 20.3 Å². The molecule has 2 heterocycles. The third kappa shape index (κ3) is 7.71. The van der Waals surface area contributed by atoms with Gasteiger partial charge in [0.1, 0.15) is 18.0 Å². The van der Waals surface area contributed by atoms with Gasteiger partial charge in [0.2, 0.25) is 5.91 Å². The highest BCUT2D eigenvalue weighted by atomic mass is 16.5. The molecule has 198 valence electrons. The van der Waals surface area contributed by atoms with Crippen molar-refractivity contribution in [3.8, 4) is 17.2 Å². The number of ether oxygens (including phenoxy) is 3. The van der Waals surface area contributed by atoms with Gasteiger partial charge in [-0.1, -0.05) is 24.3 Å². The number of hydrogen-bond donors (Lipinski definition) is 1. The van der Waals surface area contributed by atoms with E-state index in [1.807, 2.05) is 65.5 Å². The number of methoxy groups -OCH3 is 1. The van der Waals surface area contributed by atoms with Crippen LogP contribution in [0.3, 0.4) is 0 Å². The Morgan fingerprint density at radius 3 is 2.62 bits per heavy atom.